The zero-order chi connectivity index (χ0) is 23.0. The van der Waals surface area contributed by atoms with E-state index in [-0.39, 0.29) is 16.1 Å². The summed E-state index contributed by atoms with van der Waals surface area (Å²) in [6.45, 7) is 3.94. The molecule has 168 valence electrons. The lowest BCUT2D eigenvalue weighted by atomic mass is 10.2. The van der Waals surface area contributed by atoms with E-state index in [2.05, 4.69) is 5.32 Å². The number of carbonyl (C=O) groups excluding carboxylic acids is 2. The number of rotatable bonds is 10. The first-order valence-electron chi connectivity index (χ1n) is 9.58. The van der Waals surface area contributed by atoms with Gasteiger partial charge < -0.3 is 19.5 Å². The van der Waals surface area contributed by atoms with E-state index in [1.54, 1.807) is 6.07 Å². The second-order valence-corrected chi connectivity index (χ2v) is 8.62. The molecule has 0 fully saturated rings. The van der Waals surface area contributed by atoms with Crippen LogP contribution < -0.4 is 14.8 Å². The van der Waals surface area contributed by atoms with Crippen molar-refractivity contribution in [2.45, 2.75) is 18.7 Å². The molecule has 2 aromatic rings. The van der Waals surface area contributed by atoms with Crippen LogP contribution in [0.4, 0.5) is 5.69 Å². The molecule has 0 atom stereocenters. The Hall–Kier alpha value is -3.11. The Kier molecular flexibility index (Phi) is 8.40. The SMILES string of the molecule is CCOc1ccc(C(=O)OCC(=O)Nc2cccc(S(=O)(=O)N(C)C)c2)cc1OCC. The number of anilines is 1. The minimum Gasteiger partial charge on any atom is -0.490 e. The van der Waals surface area contributed by atoms with Gasteiger partial charge >= 0.3 is 5.97 Å². The number of esters is 1. The molecule has 0 heterocycles. The Bertz CT molecular complexity index is 1040. The van der Waals surface area contributed by atoms with Gasteiger partial charge in [0.25, 0.3) is 5.91 Å². The summed E-state index contributed by atoms with van der Waals surface area (Å²) >= 11 is 0. The van der Waals surface area contributed by atoms with Crippen LogP contribution in [0, 0.1) is 0 Å². The summed E-state index contributed by atoms with van der Waals surface area (Å²) in [6, 6.07) is 10.4. The summed E-state index contributed by atoms with van der Waals surface area (Å²) in [7, 11) is -0.810. The third-order valence-electron chi connectivity index (χ3n) is 4.01. The number of ether oxygens (including phenoxy) is 3. The molecule has 0 saturated heterocycles. The Morgan fingerprint density at radius 2 is 1.65 bits per heavy atom. The zero-order valence-corrected chi connectivity index (χ0v) is 18.7. The lowest BCUT2D eigenvalue weighted by molar-refractivity contribution is -0.119. The maximum absolute atomic E-state index is 12.3. The van der Waals surface area contributed by atoms with E-state index in [1.165, 1.54) is 50.5 Å². The van der Waals surface area contributed by atoms with Gasteiger partial charge in [-0.2, -0.15) is 0 Å². The highest BCUT2D eigenvalue weighted by Crippen LogP contribution is 2.28. The number of carbonyl (C=O) groups is 2. The molecule has 0 saturated carbocycles. The highest BCUT2D eigenvalue weighted by Gasteiger charge is 2.18. The number of nitrogens with one attached hydrogen (secondary N) is 1. The summed E-state index contributed by atoms with van der Waals surface area (Å²) in [6.07, 6.45) is 0. The largest absolute Gasteiger partial charge is 0.490 e. The van der Waals surface area contributed by atoms with Gasteiger partial charge in [0.1, 0.15) is 0 Å². The first-order chi connectivity index (χ1) is 14.7. The molecule has 0 radical (unpaired) electrons. The average Bonchev–Trinajstić information content (AvgIpc) is 2.73. The Morgan fingerprint density at radius 1 is 0.968 bits per heavy atom. The number of hydrogen-bond donors (Lipinski definition) is 1. The van der Waals surface area contributed by atoms with E-state index >= 15 is 0 Å². The molecule has 1 N–H and O–H groups in total. The Morgan fingerprint density at radius 3 is 2.29 bits per heavy atom. The smallest absolute Gasteiger partial charge is 0.338 e. The average molecular weight is 451 g/mol. The lowest BCUT2D eigenvalue weighted by Gasteiger charge is -2.13. The highest BCUT2D eigenvalue weighted by atomic mass is 32.2. The third kappa shape index (κ3) is 6.43. The second-order valence-electron chi connectivity index (χ2n) is 6.47. The van der Waals surface area contributed by atoms with Crippen molar-refractivity contribution in [1.82, 2.24) is 4.31 Å². The van der Waals surface area contributed by atoms with Crippen LogP contribution in [0.3, 0.4) is 0 Å². The minimum atomic E-state index is -3.64. The summed E-state index contributed by atoms with van der Waals surface area (Å²) < 4.78 is 41.5. The molecular formula is C21H26N2O7S. The van der Waals surface area contributed by atoms with E-state index in [1.807, 2.05) is 13.8 Å². The van der Waals surface area contributed by atoms with Gasteiger partial charge in [0, 0.05) is 19.8 Å². The molecule has 10 heteroatoms. The van der Waals surface area contributed by atoms with Crippen molar-refractivity contribution >= 4 is 27.6 Å². The van der Waals surface area contributed by atoms with Gasteiger partial charge in [-0.25, -0.2) is 17.5 Å². The van der Waals surface area contributed by atoms with Crippen LogP contribution in [0.25, 0.3) is 0 Å². The molecule has 0 aliphatic rings. The first kappa shape index (κ1) is 24.2. The molecule has 0 unspecified atom stereocenters. The maximum Gasteiger partial charge on any atom is 0.338 e. The molecule has 0 aliphatic heterocycles. The fourth-order valence-corrected chi connectivity index (χ4v) is 3.48. The number of hydrogen-bond acceptors (Lipinski definition) is 7. The highest BCUT2D eigenvalue weighted by molar-refractivity contribution is 7.89. The number of benzene rings is 2. The quantitative estimate of drug-likeness (QED) is 0.554. The van der Waals surface area contributed by atoms with Crippen LogP contribution in [-0.4, -0.2) is 58.5 Å². The van der Waals surface area contributed by atoms with Crippen LogP contribution in [0.15, 0.2) is 47.4 Å². The van der Waals surface area contributed by atoms with E-state index in [4.69, 9.17) is 14.2 Å². The number of sulfonamides is 1. The molecule has 0 bridgehead atoms. The number of nitrogens with zero attached hydrogens (tertiary/aromatic N) is 1. The molecular weight excluding hydrogens is 424 g/mol. The molecule has 2 aromatic carbocycles. The van der Waals surface area contributed by atoms with Crippen molar-refractivity contribution in [1.29, 1.82) is 0 Å². The van der Waals surface area contributed by atoms with Crippen LogP contribution in [0.5, 0.6) is 11.5 Å². The summed E-state index contributed by atoms with van der Waals surface area (Å²) in [5.41, 5.74) is 0.474. The fourth-order valence-electron chi connectivity index (χ4n) is 2.53. The molecule has 1 amide bonds. The normalized spacial score (nSPS) is 11.1. The first-order valence-corrected chi connectivity index (χ1v) is 11.0. The van der Waals surface area contributed by atoms with Crippen molar-refractivity contribution in [2.24, 2.45) is 0 Å². The Labute approximate surface area is 182 Å². The van der Waals surface area contributed by atoms with Crippen LogP contribution in [-0.2, 0) is 19.6 Å². The summed E-state index contributed by atoms with van der Waals surface area (Å²) in [4.78, 5) is 24.5. The van der Waals surface area contributed by atoms with E-state index < -0.39 is 28.5 Å². The second kappa shape index (κ2) is 10.8. The fraction of sp³-hybridized carbons (Fsp3) is 0.333. The van der Waals surface area contributed by atoms with Crippen molar-refractivity contribution in [2.75, 3.05) is 39.2 Å². The summed E-state index contributed by atoms with van der Waals surface area (Å²) in [5, 5.41) is 2.51. The predicted octanol–water partition coefficient (Wildman–Crippen LogP) is 2.53. The van der Waals surface area contributed by atoms with Gasteiger partial charge in [-0.05, 0) is 50.2 Å². The summed E-state index contributed by atoms with van der Waals surface area (Å²) in [5.74, 6) is -0.403. The van der Waals surface area contributed by atoms with Gasteiger partial charge in [-0.3, -0.25) is 4.79 Å². The Balaban J connectivity index is 2.02. The standard InChI is InChI=1S/C21H26N2O7S/c1-5-28-18-11-10-15(12-19(18)29-6-2)21(25)30-14-20(24)22-16-8-7-9-17(13-16)31(26,27)23(3)4/h7-13H,5-6,14H2,1-4H3,(H,22,24). The zero-order valence-electron chi connectivity index (χ0n) is 17.9. The van der Waals surface area contributed by atoms with Crippen molar-refractivity contribution in [3.63, 3.8) is 0 Å². The monoisotopic (exact) mass is 450 g/mol. The van der Waals surface area contributed by atoms with Crippen molar-refractivity contribution in [3.05, 3.63) is 48.0 Å². The third-order valence-corrected chi connectivity index (χ3v) is 5.82. The van der Waals surface area contributed by atoms with E-state index in [0.717, 1.165) is 4.31 Å². The molecule has 0 aliphatic carbocycles. The topological polar surface area (TPSA) is 111 Å². The molecule has 0 aromatic heterocycles. The molecule has 31 heavy (non-hydrogen) atoms. The van der Waals surface area contributed by atoms with Gasteiger partial charge in [-0.15, -0.1) is 0 Å². The van der Waals surface area contributed by atoms with E-state index in [9.17, 15) is 18.0 Å². The number of amides is 1. The van der Waals surface area contributed by atoms with E-state index in [0.29, 0.717) is 24.7 Å². The lowest BCUT2D eigenvalue weighted by Crippen LogP contribution is -2.23. The van der Waals surface area contributed by atoms with Gasteiger partial charge in [0.2, 0.25) is 10.0 Å². The van der Waals surface area contributed by atoms with Crippen LogP contribution in [0.1, 0.15) is 24.2 Å². The predicted molar refractivity (Wildman–Crippen MR) is 115 cm³/mol. The maximum atomic E-state index is 12.3. The molecule has 2 rings (SSSR count). The van der Waals surface area contributed by atoms with Crippen molar-refractivity contribution in [3.8, 4) is 11.5 Å². The van der Waals surface area contributed by atoms with Gasteiger partial charge in [0.15, 0.2) is 18.1 Å². The van der Waals surface area contributed by atoms with Crippen molar-refractivity contribution < 1.29 is 32.2 Å². The van der Waals surface area contributed by atoms with Crippen LogP contribution >= 0.6 is 0 Å². The molecule has 9 nitrogen and oxygen atoms in total. The van der Waals surface area contributed by atoms with Gasteiger partial charge in [0.05, 0.1) is 23.7 Å². The van der Waals surface area contributed by atoms with Crippen LogP contribution in [0.2, 0.25) is 0 Å². The minimum absolute atomic E-state index is 0.0325. The molecule has 0 spiro atoms. The van der Waals surface area contributed by atoms with Gasteiger partial charge in [-0.1, -0.05) is 6.07 Å².